The summed E-state index contributed by atoms with van der Waals surface area (Å²) >= 11 is 11.8. The predicted molar refractivity (Wildman–Crippen MR) is 65.6 cm³/mol. The molecular weight excluding hydrogens is 249 g/mol. The Morgan fingerprint density at radius 3 is 2.44 bits per heavy atom. The van der Waals surface area contributed by atoms with Crippen LogP contribution in [0.25, 0.3) is 0 Å². The number of rotatable bonds is 5. The van der Waals surface area contributed by atoms with Crippen LogP contribution in [0.15, 0.2) is 0 Å². The van der Waals surface area contributed by atoms with E-state index < -0.39 is 15.9 Å². The number of aliphatic hydroxyl groups is 1. The third-order valence-electron chi connectivity index (χ3n) is 3.53. The molecule has 1 fully saturated rings. The maximum atomic E-state index is 11.8. The number of hydrogen-bond donors (Lipinski definition) is 2. The van der Waals surface area contributed by atoms with Crippen molar-refractivity contribution in [2.45, 2.75) is 44.1 Å². The molecule has 0 aromatic rings. The van der Waals surface area contributed by atoms with Gasteiger partial charge in [-0.25, -0.2) is 0 Å². The van der Waals surface area contributed by atoms with E-state index in [1.807, 2.05) is 13.8 Å². The topological polar surface area (TPSA) is 49.3 Å². The Morgan fingerprint density at radius 2 is 2.06 bits per heavy atom. The molecule has 1 saturated carbocycles. The maximum Gasteiger partial charge on any atom is 0.229 e. The van der Waals surface area contributed by atoms with E-state index in [1.54, 1.807) is 6.92 Å². The van der Waals surface area contributed by atoms with Gasteiger partial charge in [0.15, 0.2) is 0 Å². The lowest BCUT2D eigenvalue weighted by atomic mass is 10.0. The first-order valence-corrected chi connectivity index (χ1v) is 6.34. The van der Waals surface area contributed by atoms with E-state index in [0.717, 1.165) is 6.42 Å². The fraction of sp³-hybridized carbons (Fsp3) is 0.909. The molecule has 5 heteroatoms. The number of hydrogen-bond acceptors (Lipinski definition) is 2. The molecule has 3 unspecified atom stereocenters. The van der Waals surface area contributed by atoms with E-state index in [4.69, 9.17) is 23.2 Å². The molecule has 1 aliphatic rings. The highest BCUT2D eigenvalue weighted by Gasteiger charge is 2.67. The van der Waals surface area contributed by atoms with E-state index in [2.05, 4.69) is 5.32 Å². The van der Waals surface area contributed by atoms with Crippen LogP contribution in [0.4, 0.5) is 0 Å². The van der Waals surface area contributed by atoms with Crippen LogP contribution in [0.1, 0.15) is 33.6 Å². The molecule has 0 spiro atoms. The minimum atomic E-state index is -0.946. The molecule has 16 heavy (non-hydrogen) atoms. The van der Waals surface area contributed by atoms with Crippen LogP contribution in [-0.2, 0) is 4.79 Å². The Balaban J connectivity index is 2.37. The molecule has 3 atom stereocenters. The number of amides is 1. The average Bonchev–Trinajstić information content (AvgIpc) is 2.74. The molecule has 0 saturated heterocycles. The molecule has 2 N–H and O–H groups in total. The standard InChI is InChI=1S/C11H19Cl2NO2/c1-4-7(2)8(15)5-14-9(16)10(3)6-11(10,12)13/h7-8,15H,4-6H2,1-3H3,(H,14,16). The smallest absolute Gasteiger partial charge is 0.229 e. The Bertz CT molecular complexity index is 283. The van der Waals surface area contributed by atoms with Gasteiger partial charge in [0, 0.05) is 6.54 Å². The van der Waals surface area contributed by atoms with Crippen LogP contribution in [0.5, 0.6) is 0 Å². The number of aliphatic hydroxyl groups excluding tert-OH is 1. The van der Waals surface area contributed by atoms with Gasteiger partial charge >= 0.3 is 0 Å². The van der Waals surface area contributed by atoms with E-state index in [0.29, 0.717) is 6.42 Å². The van der Waals surface area contributed by atoms with E-state index >= 15 is 0 Å². The number of carbonyl (C=O) groups excluding carboxylic acids is 1. The monoisotopic (exact) mass is 267 g/mol. The van der Waals surface area contributed by atoms with Gasteiger partial charge in [-0.15, -0.1) is 23.2 Å². The number of carbonyl (C=O) groups is 1. The van der Waals surface area contributed by atoms with Crippen molar-refractivity contribution in [3.8, 4) is 0 Å². The van der Waals surface area contributed by atoms with Crippen LogP contribution in [0, 0.1) is 11.3 Å². The van der Waals surface area contributed by atoms with Crippen molar-refractivity contribution in [2.24, 2.45) is 11.3 Å². The van der Waals surface area contributed by atoms with E-state index in [-0.39, 0.29) is 18.4 Å². The van der Waals surface area contributed by atoms with Crippen LogP contribution >= 0.6 is 23.2 Å². The molecule has 0 radical (unpaired) electrons. The lowest BCUT2D eigenvalue weighted by molar-refractivity contribution is -0.126. The molecule has 1 aliphatic carbocycles. The van der Waals surface area contributed by atoms with Crippen molar-refractivity contribution in [3.63, 3.8) is 0 Å². The summed E-state index contributed by atoms with van der Waals surface area (Å²) in [6.45, 7) is 5.94. The summed E-state index contributed by atoms with van der Waals surface area (Å²) in [6, 6.07) is 0. The zero-order valence-electron chi connectivity index (χ0n) is 9.89. The number of alkyl halides is 2. The van der Waals surface area contributed by atoms with Crippen molar-refractivity contribution >= 4 is 29.1 Å². The second-order valence-corrected chi connectivity index (χ2v) is 6.36. The second-order valence-electron chi connectivity index (χ2n) is 4.88. The fourth-order valence-corrected chi connectivity index (χ4v) is 2.22. The van der Waals surface area contributed by atoms with Gasteiger partial charge in [0.2, 0.25) is 5.91 Å². The SMILES string of the molecule is CCC(C)C(O)CNC(=O)C1(C)CC1(Cl)Cl. The molecule has 94 valence electrons. The van der Waals surface area contributed by atoms with Gasteiger partial charge in [-0.1, -0.05) is 20.3 Å². The van der Waals surface area contributed by atoms with E-state index in [9.17, 15) is 9.90 Å². The summed E-state index contributed by atoms with van der Waals surface area (Å²) in [5, 5.41) is 12.4. The Morgan fingerprint density at radius 1 is 1.56 bits per heavy atom. The van der Waals surface area contributed by atoms with Gasteiger partial charge in [-0.2, -0.15) is 0 Å². The van der Waals surface area contributed by atoms with Gasteiger partial charge in [0.1, 0.15) is 4.33 Å². The minimum Gasteiger partial charge on any atom is -0.391 e. The summed E-state index contributed by atoms with van der Waals surface area (Å²) in [5.74, 6) is -0.0103. The average molecular weight is 268 g/mol. The summed E-state index contributed by atoms with van der Waals surface area (Å²) in [7, 11) is 0. The van der Waals surface area contributed by atoms with Crippen LogP contribution in [0.3, 0.4) is 0 Å². The zero-order chi connectivity index (χ0) is 12.6. The summed E-state index contributed by atoms with van der Waals surface area (Å²) in [6.07, 6.45) is 0.828. The van der Waals surface area contributed by atoms with Crippen molar-refractivity contribution < 1.29 is 9.90 Å². The summed E-state index contributed by atoms with van der Waals surface area (Å²) in [5.41, 5.74) is -0.703. The van der Waals surface area contributed by atoms with Crippen LogP contribution in [-0.4, -0.2) is 28.0 Å². The summed E-state index contributed by atoms with van der Waals surface area (Å²) < 4.78 is -0.946. The zero-order valence-corrected chi connectivity index (χ0v) is 11.4. The second kappa shape index (κ2) is 4.71. The first kappa shape index (κ1) is 14.1. The Labute approximate surface area is 106 Å². The third kappa shape index (κ3) is 2.63. The third-order valence-corrected chi connectivity index (χ3v) is 4.63. The van der Waals surface area contributed by atoms with Crippen molar-refractivity contribution in [2.75, 3.05) is 6.54 Å². The first-order valence-electron chi connectivity index (χ1n) is 5.59. The van der Waals surface area contributed by atoms with Gasteiger partial charge in [0.25, 0.3) is 0 Å². The van der Waals surface area contributed by atoms with Crippen LogP contribution in [0.2, 0.25) is 0 Å². The quantitative estimate of drug-likeness (QED) is 0.750. The molecule has 0 aromatic carbocycles. The molecule has 0 bridgehead atoms. The lowest BCUT2D eigenvalue weighted by Crippen LogP contribution is -2.40. The highest BCUT2D eigenvalue weighted by atomic mass is 35.5. The number of halogens is 2. The highest BCUT2D eigenvalue weighted by molar-refractivity contribution is 6.53. The molecule has 1 rings (SSSR count). The van der Waals surface area contributed by atoms with Crippen LogP contribution < -0.4 is 5.32 Å². The molecule has 1 amide bonds. The Kier molecular flexibility index (Phi) is 4.14. The van der Waals surface area contributed by atoms with Gasteiger partial charge < -0.3 is 10.4 Å². The van der Waals surface area contributed by atoms with E-state index in [1.165, 1.54) is 0 Å². The normalized spacial score (nSPS) is 30.6. The van der Waals surface area contributed by atoms with Gasteiger partial charge in [-0.05, 0) is 19.3 Å². The van der Waals surface area contributed by atoms with Crippen molar-refractivity contribution in [1.82, 2.24) is 5.32 Å². The molecular formula is C11H19Cl2NO2. The molecule has 0 aliphatic heterocycles. The number of nitrogens with one attached hydrogen (secondary N) is 1. The minimum absolute atomic E-state index is 0.170. The first-order chi connectivity index (χ1) is 7.24. The largest absolute Gasteiger partial charge is 0.391 e. The lowest BCUT2D eigenvalue weighted by Gasteiger charge is -2.19. The maximum absolute atomic E-state index is 11.8. The molecule has 0 heterocycles. The summed E-state index contributed by atoms with van der Waals surface area (Å²) in [4.78, 5) is 11.8. The fourth-order valence-electron chi connectivity index (χ4n) is 1.51. The molecule has 3 nitrogen and oxygen atoms in total. The highest BCUT2D eigenvalue weighted by Crippen LogP contribution is 2.63. The van der Waals surface area contributed by atoms with Crippen molar-refractivity contribution in [1.29, 1.82) is 0 Å². The van der Waals surface area contributed by atoms with Gasteiger partial charge in [0.05, 0.1) is 11.5 Å². The molecule has 0 aromatic heterocycles. The van der Waals surface area contributed by atoms with Crippen molar-refractivity contribution in [3.05, 3.63) is 0 Å². The van der Waals surface area contributed by atoms with Gasteiger partial charge in [-0.3, -0.25) is 4.79 Å². The Hall–Kier alpha value is 0.01000. The predicted octanol–water partition coefficient (Wildman–Crippen LogP) is 2.09.